The van der Waals surface area contributed by atoms with Gasteiger partial charge < -0.3 is 15.8 Å². The van der Waals surface area contributed by atoms with Gasteiger partial charge in [0.2, 0.25) is 0 Å². The molecule has 1 amide bonds. The van der Waals surface area contributed by atoms with Crippen molar-refractivity contribution in [1.82, 2.24) is 0 Å². The number of benzene rings is 1. The number of hydrogen-bond donors (Lipinski definition) is 2. The van der Waals surface area contributed by atoms with Crippen molar-refractivity contribution in [2.45, 2.75) is 19.4 Å². The van der Waals surface area contributed by atoms with E-state index in [1.807, 2.05) is 19.1 Å². The Labute approximate surface area is 95.8 Å². The minimum atomic E-state index is -0.414. The largest absolute Gasteiger partial charge is 0.384 e. The zero-order valence-electron chi connectivity index (χ0n) is 9.69. The van der Waals surface area contributed by atoms with Crippen molar-refractivity contribution in [2.75, 3.05) is 19.0 Å². The summed E-state index contributed by atoms with van der Waals surface area (Å²) in [5, 5.41) is 3.18. The molecule has 0 radical (unpaired) electrons. The topological polar surface area (TPSA) is 64.3 Å². The molecule has 0 aromatic heterocycles. The molecule has 0 spiro atoms. The first-order valence-electron chi connectivity index (χ1n) is 5.30. The Morgan fingerprint density at radius 1 is 1.50 bits per heavy atom. The standard InChI is InChI=1S/C12H18N2O2/c1-9(16-2)7-8-14-11-6-4-3-5-10(11)12(13)15/h3-6,9,14H,7-8H2,1-2H3,(H2,13,15). The van der Waals surface area contributed by atoms with Crippen molar-refractivity contribution in [3.8, 4) is 0 Å². The molecule has 0 bridgehead atoms. The second-order valence-corrected chi connectivity index (χ2v) is 3.67. The van der Waals surface area contributed by atoms with Gasteiger partial charge in [0.05, 0.1) is 11.7 Å². The Kier molecular flexibility index (Phi) is 4.79. The van der Waals surface area contributed by atoms with Crippen LogP contribution < -0.4 is 11.1 Å². The van der Waals surface area contributed by atoms with Gasteiger partial charge in [0.1, 0.15) is 0 Å². The summed E-state index contributed by atoms with van der Waals surface area (Å²) in [5.41, 5.74) is 6.57. The Morgan fingerprint density at radius 3 is 2.81 bits per heavy atom. The number of hydrogen-bond acceptors (Lipinski definition) is 3. The van der Waals surface area contributed by atoms with Gasteiger partial charge in [0, 0.05) is 19.3 Å². The van der Waals surface area contributed by atoms with Crippen LogP contribution in [0.15, 0.2) is 24.3 Å². The number of nitrogens with two attached hydrogens (primary N) is 1. The molecule has 1 rings (SSSR count). The molecule has 0 saturated heterocycles. The van der Waals surface area contributed by atoms with E-state index in [4.69, 9.17) is 10.5 Å². The van der Waals surface area contributed by atoms with E-state index < -0.39 is 5.91 Å². The van der Waals surface area contributed by atoms with Gasteiger partial charge in [-0.25, -0.2) is 0 Å². The Morgan fingerprint density at radius 2 is 2.19 bits per heavy atom. The molecule has 1 unspecified atom stereocenters. The Hall–Kier alpha value is -1.55. The van der Waals surface area contributed by atoms with Crippen molar-refractivity contribution in [3.63, 3.8) is 0 Å². The number of rotatable bonds is 6. The smallest absolute Gasteiger partial charge is 0.250 e. The maximum absolute atomic E-state index is 11.1. The van der Waals surface area contributed by atoms with E-state index in [2.05, 4.69) is 5.32 Å². The molecule has 3 N–H and O–H groups in total. The van der Waals surface area contributed by atoms with Crippen molar-refractivity contribution in [1.29, 1.82) is 0 Å². The number of nitrogens with one attached hydrogen (secondary N) is 1. The van der Waals surface area contributed by atoms with Gasteiger partial charge >= 0.3 is 0 Å². The lowest BCUT2D eigenvalue weighted by molar-refractivity contribution is 0.100. The molecule has 0 saturated carbocycles. The highest BCUT2D eigenvalue weighted by atomic mass is 16.5. The predicted molar refractivity (Wildman–Crippen MR) is 64.5 cm³/mol. The summed E-state index contributed by atoms with van der Waals surface area (Å²) in [6, 6.07) is 7.22. The lowest BCUT2D eigenvalue weighted by Gasteiger charge is -2.12. The Balaban J connectivity index is 2.56. The van der Waals surface area contributed by atoms with Crippen LogP contribution in [0.5, 0.6) is 0 Å². The average molecular weight is 222 g/mol. The fourth-order valence-electron chi connectivity index (χ4n) is 1.38. The van der Waals surface area contributed by atoms with Crippen LogP contribution in [-0.4, -0.2) is 25.7 Å². The molecule has 4 heteroatoms. The van der Waals surface area contributed by atoms with Crippen LogP contribution in [0, 0.1) is 0 Å². The third-order valence-electron chi connectivity index (χ3n) is 2.46. The first-order chi connectivity index (χ1) is 7.65. The van der Waals surface area contributed by atoms with Crippen LogP contribution in [0.3, 0.4) is 0 Å². The van der Waals surface area contributed by atoms with Crippen molar-refractivity contribution in [3.05, 3.63) is 29.8 Å². The number of ether oxygens (including phenoxy) is 1. The summed E-state index contributed by atoms with van der Waals surface area (Å²) in [4.78, 5) is 11.1. The summed E-state index contributed by atoms with van der Waals surface area (Å²) in [6.07, 6.45) is 1.08. The van der Waals surface area contributed by atoms with Crippen LogP contribution >= 0.6 is 0 Å². The molecule has 1 atom stereocenters. The molecule has 0 heterocycles. The van der Waals surface area contributed by atoms with E-state index in [9.17, 15) is 4.79 Å². The van der Waals surface area contributed by atoms with E-state index in [1.54, 1.807) is 19.2 Å². The molecule has 16 heavy (non-hydrogen) atoms. The lowest BCUT2D eigenvalue weighted by atomic mass is 10.1. The fraction of sp³-hybridized carbons (Fsp3) is 0.417. The maximum atomic E-state index is 11.1. The van der Waals surface area contributed by atoms with Gasteiger partial charge in [0.25, 0.3) is 5.91 Å². The zero-order chi connectivity index (χ0) is 12.0. The maximum Gasteiger partial charge on any atom is 0.250 e. The van der Waals surface area contributed by atoms with Crippen LogP contribution in [0.25, 0.3) is 0 Å². The molecule has 4 nitrogen and oxygen atoms in total. The van der Waals surface area contributed by atoms with E-state index >= 15 is 0 Å². The summed E-state index contributed by atoms with van der Waals surface area (Å²) in [6.45, 7) is 2.75. The number of carbonyl (C=O) groups is 1. The van der Waals surface area contributed by atoms with Gasteiger partial charge in [-0.15, -0.1) is 0 Å². The van der Waals surface area contributed by atoms with Gasteiger partial charge in [-0.3, -0.25) is 4.79 Å². The number of anilines is 1. The van der Waals surface area contributed by atoms with E-state index in [1.165, 1.54) is 0 Å². The van der Waals surface area contributed by atoms with Crippen molar-refractivity contribution < 1.29 is 9.53 Å². The molecular weight excluding hydrogens is 204 g/mol. The number of amides is 1. The van der Waals surface area contributed by atoms with Gasteiger partial charge in [0.15, 0.2) is 0 Å². The third-order valence-corrected chi connectivity index (χ3v) is 2.46. The SMILES string of the molecule is COC(C)CCNc1ccccc1C(N)=O. The number of methoxy groups -OCH3 is 1. The molecule has 1 aromatic rings. The highest BCUT2D eigenvalue weighted by molar-refractivity contribution is 5.98. The van der Waals surface area contributed by atoms with E-state index in [0.717, 1.165) is 18.7 Å². The highest BCUT2D eigenvalue weighted by Gasteiger charge is 2.06. The predicted octanol–water partition coefficient (Wildman–Crippen LogP) is 1.62. The summed E-state index contributed by atoms with van der Waals surface area (Å²) < 4.78 is 5.13. The van der Waals surface area contributed by atoms with Crippen molar-refractivity contribution in [2.24, 2.45) is 5.73 Å². The average Bonchev–Trinajstić information content (AvgIpc) is 2.29. The molecule has 0 fully saturated rings. The monoisotopic (exact) mass is 222 g/mol. The van der Waals surface area contributed by atoms with Gasteiger partial charge in [-0.2, -0.15) is 0 Å². The molecule has 0 aliphatic carbocycles. The summed E-state index contributed by atoms with van der Waals surface area (Å²) in [7, 11) is 1.68. The Bertz CT molecular complexity index is 353. The first kappa shape index (κ1) is 12.5. The number of primary amides is 1. The van der Waals surface area contributed by atoms with Crippen molar-refractivity contribution >= 4 is 11.6 Å². The molecule has 0 aliphatic rings. The minimum absolute atomic E-state index is 0.202. The molecular formula is C12H18N2O2. The zero-order valence-corrected chi connectivity index (χ0v) is 9.69. The van der Waals surface area contributed by atoms with Gasteiger partial charge in [-0.1, -0.05) is 12.1 Å². The third kappa shape index (κ3) is 3.55. The molecule has 88 valence electrons. The van der Waals surface area contributed by atoms with Crippen LogP contribution in [0.2, 0.25) is 0 Å². The quantitative estimate of drug-likeness (QED) is 0.768. The second kappa shape index (κ2) is 6.12. The van der Waals surface area contributed by atoms with E-state index in [0.29, 0.717) is 5.56 Å². The normalized spacial score (nSPS) is 12.1. The highest BCUT2D eigenvalue weighted by Crippen LogP contribution is 2.14. The number of carbonyl (C=O) groups excluding carboxylic acids is 1. The van der Waals surface area contributed by atoms with Crippen LogP contribution in [-0.2, 0) is 4.74 Å². The lowest BCUT2D eigenvalue weighted by Crippen LogP contribution is -2.17. The van der Waals surface area contributed by atoms with E-state index in [-0.39, 0.29) is 6.10 Å². The first-order valence-corrected chi connectivity index (χ1v) is 5.30. The summed E-state index contributed by atoms with van der Waals surface area (Å²) in [5.74, 6) is -0.414. The number of para-hydroxylation sites is 1. The molecule has 0 aliphatic heterocycles. The fourth-order valence-corrected chi connectivity index (χ4v) is 1.38. The summed E-state index contributed by atoms with van der Waals surface area (Å²) >= 11 is 0. The van der Waals surface area contributed by atoms with Crippen LogP contribution in [0.4, 0.5) is 5.69 Å². The molecule has 1 aromatic carbocycles. The van der Waals surface area contributed by atoms with Crippen LogP contribution in [0.1, 0.15) is 23.7 Å². The second-order valence-electron chi connectivity index (χ2n) is 3.67. The minimum Gasteiger partial charge on any atom is -0.384 e. The van der Waals surface area contributed by atoms with Gasteiger partial charge in [-0.05, 0) is 25.5 Å².